The molecule has 86 valence electrons. The molecule has 1 aliphatic heterocycles. The Hall–Kier alpha value is -0.730. The number of hydrogen-bond donors (Lipinski definition) is 0. The average Bonchev–Trinajstić information content (AvgIpc) is 2.75. The zero-order valence-corrected chi connectivity index (χ0v) is 10.4. The van der Waals surface area contributed by atoms with Crippen molar-refractivity contribution in [3.05, 3.63) is 33.8 Å². The molecule has 0 N–H and O–H groups in total. The van der Waals surface area contributed by atoms with Crippen LogP contribution in [0.2, 0.25) is 10.0 Å². The van der Waals surface area contributed by atoms with Crippen molar-refractivity contribution in [1.29, 1.82) is 0 Å². The molecule has 16 heavy (non-hydrogen) atoms. The third-order valence-electron chi connectivity index (χ3n) is 2.82. The quantitative estimate of drug-likeness (QED) is 0.797. The number of carbonyl (C=O) groups excluding carboxylic acids is 1. The van der Waals surface area contributed by atoms with Gasteiger partial charge in [0.2, 0.25) is 5.91 Å². The van der Waals surface area contributed by atoms with Gasteiger partial charge in [-0.25, -0.2) is 0 Å². The maximum absolute atomic E-state index is 11.9. The van der Waals surface area contributed by atoms with Crippen LogP contribution < -0.4 is 0 Å². The fourth-order valence-electron chi connectivity index (χ4n) is 1.91. The smallest absolute Gasteiger partial charge is 0.227 e. The lowest BCUT2D eigenvalue weighted by molar-refractivity contribution is -0.129. The molecule has 0 spiro atoms. The minimum absolute atomic E-state index is 0.154. The summed E-state index contributed by atoms with van der Waals surface area (Å²) in [6.45, 7) is 1.76. The molecule has 1 aromatic carbocycles. The zero-order valence-electron chi connectivity index (χ0n) is 8.88. The Labute approximate surface area is 105 Å². The van der Waals surface area contributed by atoms with Crippen LogP contribution in [0.15, 0.2) is 18.2 Å². The first-order valence-corrected chi connectivity index (χ1v) is 6.14. The second-order valence-electron chi connectivity index (χ2n) is 4.00. The van der Waals surface area contributed by atoms with Crippen molar-refractivity contribution >= 4 is 29.1 Å². The van der Waals surface area contributed by atoms with Gasteiger partial charge in [0, 0.05) is 23.1 Å². The van der Waals surface area contributed by atoms with E-state index in [4.69, 9.17) is 23.2 Å². The van der Waals surface area contributed by atoms with Gasteiger partial charge in [-0.2, -0.15) is 0 Å². The Morgan fingerprint density at radius 3 is 2.56 bits per heavy atom. The van der Waals surface area contributed by atoms with Gasteiger partial charge in [0.15, 0.2) is 0 Å². The molecule has 0 saturated carbocycles. The summed E-state index contributed by atoms with van der Waals surface area (Å²) in [5.74, 6) is 0.154. The summed E-state index contributed by atoms with van der Waals surface area (Å²) in [5.41, 5.74) is 0.850. The maximum atomic E-state index is 11.9. The third kappa shape index (κ3) is 2.69. The molecule has 0 aromatic heterocycles. The van der Waals surface area contributed by atoms with E-state index in [2.05, 4.69) is 0 Å². The first kappa shape index (κ1) is 11.7. The lowest BCUT2D eigenvalue weighted by atomic mass is 10.1. The van der Waals surface area contributed by atoms with Crippen LogP contribution in [0.4, 0.5) is 0 Å². The Morgan fingerprint density at radius 2 is 1.94 bits per heavy atom. The van der Waals surface area contributed by atoms with Crippen molar-refractivity contribution in [2.75, 3.05) is 13.1 Å². The molecule has 1 aliphatic rings. The highest BCUT2D eigenvalue weighted by molar-refractivity contribution is 6.35. The lowest BCUT2D eigenvalue weighted by Crippen LogP contribution is -2.29. The van der Waals surface area contributed by atoms with Crippen molar-refractivity contribution < 1.29 is 4.79 Å². The molecule has 0 atom stereocenters. The molecule has 0 bridgehead atoms. The number of hydrogen-bond acceptors (Lipinski definition) is 1. The second kappa shape index (κ2) is 5.07. The van der Waals surface area contributed by atoms with Crippen LogP contribution in [0.5, 0.6) is 0 Å². The Kier molecular flexibility index (Phi) is 3.72. The van der Waals surface area contributed by atoms with Crippen molar-refractivity contribution in [2.45, 2.75) is 19.3 Å². The van der Waals surface area contributed by atoms with E-state index in [9.17, 15) is 4.79 Å². The van der Waals surface area contributed by atoms with Crippen molar-refractivity contribution in [1.82, 2.24) is 4.90 Å². The topological polar surface area (TPSA) is 20.3 Å². The van der Waals surface area contributed by atoms with Crippen molar-refractivity contribution in [3.8, 4) is 0 Å². The Balaban J connectivity index is 2.05. The van der Waals surface area contributed by atoms with Crippen LogP contribution in [0.3, 0.4) is 0 Å². The molecule has 0 aliphatic carbocycles. The van der Waals surface area contributed by atoms with Crippen LogP contribution in [0.25, 0.3) is 0 Å². The Bertz CT molecular complexity index is 400. The van der Waals surface area contributed by atoms with Crippen LogP contribution >= 0.6 is 23.2 Å². The number of amides is 1. The molecule has 1 heterocycles. The summed E-state index contributed by atoms with van der Waals surface area (Å²) in [7, 11) is 0. The molecule has 4 heteroatoms. The predicted octanol–water partition coefficient (Wildman–Crippen LogP) is 3.16. The first-order valence-electron chi connectivity index (χ1n) is 5.38. The molecule has 2 nitrogen and oxygen atoms in total. The number of benzene rings is 1. The fourth-order valence-corrected chi connectivity index (χ4v) is 2.38. The van der Waals surface area contributed by atoms with Gasteiger partial charge in [-0.05, 0) is 30.5 Å². The highest BCUT2D eigenvalue weighted by Crippen LogP contribution is 2.22. The van der Waals surface area contributed by atoms with E-state index >= 15 is 0 Å². The summed E-state index contributed by atoms with van der Waals surface area (Å²) in [6, 6.07) is 5.26. The highest BCUT2D eigenvalue weighted by Gasteiger charge is 2.18. The van der Waals surface area contributed by atoms with Gasteiger partial charge in [-0.1, -0.05) is 29.3 Å². The molecular weight excluding hydrogens is 245 g/mol. The van der Waals surface area contributed by atoms with Crippen LogP contribution in [0, 0.1) is 0 Å². The number of likely N-dealkylation sites (tertiary alicyclic amines) is 1. The summed E-state index contributed by atoms with van der Waals surface area (Å²) >= 11 is 11.8. The number of nitrogens with zero attached hydrogens (tertiary/aromatic N) is 1. The van der Waals surface area contributed by atoms with Crippen molar-refractivity contribution in [3.63, 3.8) is 0 Å². The SMILES string of the molecule is O=C(Cc1ccc(Cl)cc1Cl)N1CCCC1. The second-order valence-corrected chi connectivity index (χ2v) is 4.84. The van der Waals surface area contributed by atoms with E-state index in [0.29, 0.717) is 16.5 Å². The molecule has 1 aromatic rings. The monoisotopic (exact) mass is 257 g/mol. The largest absolute Gasteiger partial charge is 0.342 e. The molecule has 1 amide bonds. The molecule has 0 unspecified atom stereocenters. The fraction of sp³-hybridized carbons (Fsp3) is 0.417. The van der Waals surface area contributed by atoms with Crippen molar-refractivity contribution in [2.24, 2.45) is 0 Å². The minimum Gasteiger partial charge on any atom is -0.342 e. The number of carbonyl (C=O) groups is 1. The summed E-state index contributed by atoms with van der Waals surface area (Å²) in [5, 5.41) is 1.17. The van der Waals surface area contributed by atoms with Gasteiger partial charge in [0.05, 0.1) is 6.42 Å². The maximum Gasteiger partial charge on any atom is 0.227 e. The van der Waals surface area contributed by atoms with Gasteiger partial charge in [0.1, 0.15) is 0 Å². The normalized spacial score (nSPS) is 15.5. The van der Waals surface area contributed by atoms with Crippen LogP contribution in [-0.4, -0.2) is 23.9 Å². The molecular formula is C12H13Cl2NO. The van der Waals surface area contributed by atoms with E-state index in [1.54, 1.807) is 12.1 Å². The molecule has 2 rings (SSSR count). The summed E-state index contributed by atoms with van der Waals surface area (Å²) < 4.78 is 0. The molecule has 1 fully saturated rings. The highest BCUT2D eigenvalue weighted by atomic mass is 35.5. The van der Waals surface area contributed by atoms with Crippen LogP contribution in [-0.2, 0) is 11.2 Å². The van der Waals surface area contributed by atoms with Crippen LogP contribution in [0.1, 0.15) is 18.4 Å². The van der Waals surface area contributed by atoms with Gasteiger partial charge in [0.25, 0.3) is 0 Å². The van der Waals surface area contributed by atoms with E-state index in [-0.39, 0.29) is 5.91 Å². The number of rotatable bonds is 2. The lowest BCUT2D eigenvalue weighted by Gasteiger charge is -2.15. The average molecular weight is 258 g/mol. The van der Waals surface area contributed by atoms with E-state index in [1.165, 1.54) is 0 Å². The van der Waals surface area contributed by atoms with Gasteiger partial charge in [-0.3, -0.25) is 4.79 Å². The standard InChI is InChI=1S/C12H13Cl2NO/c13-10-4-3-9(11(14)8-10)7-12(16)15-5-1-2-6-15/h3-4,8H,1-2,5-7H2. The summed E-state index contributed by atoms with van der Waals surface area (Å²) in [4.78, 5) is 13.8. The van der Waals surface area contributed by atoms with E-state index in [0.717, 1.165) is 31.5 Å². The molecule has 0 radical (unpaired) electrons. The first-order chi connectivity index (χ1) is 7.66. The summed E-state index contributed by atoms with van der Waals surface area (Å²) in [6.07, 6.45) is 2.59. The van der Waals surface area contributed by atoms with E-state index in [1.807, 2.05) is 11.0 Å². The number of halogens is 2. The predicted molar refractivity (Wildman–Crippen MR) is 66.0 cm³/mol. The Morgan fingerprint density at radius 1 is 1.25 bits per heavy atom. The third-order valence-corrected chi connectivity index (χ3v) is 3.40. The zero-order chi connectivity index (χ0) is 11.5. The van der Waals surface area contributed by atoms with E-state index < -0.39 is 0 Å². The molecule has 1 saturated heterocycles. The minimum atomic E-state index is 0.154. The van der Waals surface area contributed by atoms with Gasteiger partial charge >= 0.3 is 0 Å². The van der Waals surface area contributed by atoms with Gasteiger partial charge in [-0.15, -0.1) is 0 Å². The van der Waals surface area contributed by atoms with Gasteiger partial charge < -0.3 is 4.90 Å².